The van der Waals surface area contributed by atoms with E-state index in [0.717, 1.165) is 24.4 Å². The molecule has 0 amide bonds. The van der Waals surface area contributed by atoms with Crippen LogP contribution in [0.15, 0.2) is 36.5 Å². The number of ether oxygens (including phenoxy) is 1. The first kappa shape index (κ1) is 11.7. The third kappa shape index (κ3) is 2.85. The Bertz CT molecular complexity index is 462. The van der Waals surface area contributed by atoms with Crippen LogP contribution in [0.4, 0.5) is 0 Å². The first-order valence-corrected chi connectivity index (χ1v) is 5.67. The van der Waals surface area contributed by atoms with Crippen molar-refractivity contribution in [3.8, 4) is 5.75 Å². The number of benzene rings is 1. The zero-order valence-electron chi connectivity index (χ0n) is 9.97. The molecule has 0 unspecified atom stereocenters. The molecular weight excluding hydrogens is 214 g/mol. The fourth-order valence-electron chi connectivity index (χ4n) is 1.76. The van der Waals surface area contributed by atoms with E-state index in [-0.39, 0.29) is 0 Å². The van der Waals surface area contributed by atoms with Crippen LogP contribution in [0.3, 0.4) is 0 Å². The summed E-state index contributed by atoms with van der Waals surface area (Å²) in [6, 6.07) is 10.0. The van der Waals surface area contributed by atoms with Gasteiger partial charge in [0.2, 0.25) is 0 Å². The van der Waals surface area contributed by atoms with Crippen molar-refractivity contribution in [3.05, 3.63) is 47.8 Å². The van der Waals surface area contributed by atoms with E-state index < -0.39 is 0 Å². The molecule has 4 nitrogen and oxygen atoms in total. The number of nitrogens with zero attached hydrogens (tertiary/aromatic N) is 2. The number of aryl methyl sites for hydroxylation is 2. The Morgan fingerprint density at radius 3 is 2.65 bits per heavy atom. The number of methoxy groups -OCH3 is 1. The summed E-state index contributed by atoms with van der Waals surface area (Å²) in [7, 11) is 1.67. The molecule has 2 rings (SSSR count). The summed E-state index contributed by atoms with van der Waals surface area (Å²) in [6.07, 6.45) is 2.73. The molecule has 0 aliphatic carbocycles. The fourth-order valence-corrected chi connectivity index (χ4v) is 1.76. The molecular formula is C13H17N3O. The van der Waals surface area contributed by atoms with Gasteiger partial charge in [0.1, 0.15) is 5.75 Å². The predicted octanol–water partition coefficient (Wildman–Crippen LogP) is 1.59. The highest BCUT2D eigenvalue weighted by atomic mass is 16.5. The molecule has 2 aromatic rings. The summed E-state index contributed by atoms with van der Waals surface area (Å²) in [4.78, 5) is 0. The largest absolute Gasteiger partial charge is 0.497 e. The molecule has 1 aromatic heterocycles. The Balaban J connectivity index is 1.97. The molecule has 0 saturated carbocycles. The lowest BCUT2D eigenvalue weighted by atomic mass is 10.1. The number of rotatable bonds is 5. The maximum atomic E-state index is 5.62. The monoisotopic (exact) mass is 231 g/mol. The third-order valence-electron chi connectivity index (χ3n) is 2.78. The molecule has 17 heavy (non-hydrogen) atoms. The van der Waals surface area contributed by atoms with Gasteiger partial charge in [-0.1, -0.05) is 12.1 Å². The van der Waals surface area contributed by atoms with E-state index in [9.17, 15) is 0 Å². The minimum Gasteiger partial charge on any atom is -0.497 e. The summed E-state index contributed by atoms with van der Waals surface area (Å²) in [5.74, 6) is 0.885. The van der Waals surface area contributed by atoms with Gasteiger partial charge in [0.15, 0.2) is 0 Å². The van der Waals surface area contributed by atoms with Crippen LogP contribution in [0.1, 0.15) is 11.3 Å². The summed E-state index contributed by atoms with van der Waals surface area (Å²) < 4.78 is 7.07. The Morgan fingerprint density at radius 1 is 1.24 bits per heavy atom. The van der Waals surface area contributed by atoms with Crippen molar-refractivity contribution in [1.82, 2.24) is 9.78 Å². The van der Waals surface area contributed by atoms with E-state index in [1.54, 1.807) is 13.3 Å². The van der Waals surface area contributed by atoms with E-state index in [1.165, 1.54) is 5.56 Å². The Labute approximate surface area is 101 Å². The molecule has 4 heteroatoms. The standard InChI is InChI=1S/C13H17N3O/c1-17-13-4-2-11(3-5-13)7-9-16-12(10-14)6-8-15-16/h2-6,8H,7,9-10,14H2,1H3. The van der Waals surface area contributed by atoms with Gasteiger partial charge in [0, 0.05) is 19.3 Å². The van der Waals surface area contributed by atoms with Crippen molar-refractivity contribution in [1.29, 1.82) is 0 Å². The average Bonchev–Trinajstić information content (AvgIpc) is 2.84. The van der Waals surface area contributed by atoms with Crippen LogP contribution in [0.5, 0.6) is 5.75 Å². The molecule has 0 spiro atoms. The quantitative estimate of drug-likeness (QED) is 0.850. The Morgan fingerprint density at radius 2 is 2.00 bits per heavy atom. The van der Waals surface area contributed by atoms with Crippen LogP contribution in [-0.2, 0) is 19.5 Å². The van der Waals surface area contributed by atoms with Crippen molar-refractivity contribution in [3.63, 3.8) is 0 Å². The van der Waals surface area contributed by atoms with E-state index in [2.05, 4.69) is 17.2 Å². The van der Waals surface area contributed by atoms with Gasteiger partial charge in [-0.3, -0.25) is 4.68 Å². The smallest absolute Gasteiger partial charge is 0.118 e. The minimum atomic E-state index is 0.530. The van der Waals surface area contributed by atoms with Crippen molar-refractivity contribution < 1.29 is 4.74 Å². The molecule has 0 aliphatic heterocycles. The maximum absolute atomic E-state index is 5.62. The SMILES string of the molecule is COc1ccc(CCn2nccc2CN)cc1. The Hall–Kier alpha value is -1.81. The molecule has 0 radical (unpaired) electrons. The summed E-state index contributed by atoms with van der Waals surface area (Å²) in [5.41, 5.74) is 7.96. The number of aromatic nitrogens is 2. The van der Waals surface area contributed by atoms with Crippen molar-refractivity contribution in [2.75, 3.05) is 7.11 Å². The van der Waals surface area contributed by atoms with Gasteiger partial charge in [0.25, 0.3) is 0 Å². The molecule has 1 aromatic carbocycles. The second kappa shape index (κ2) is 5.50. The fraction of sp³-hybridized carbons (Fsp3) is 0.308. The van der Waals surface area contributed by atoms with Crippen molar-refractivity contribution in [2.45, 2.75) is 19.5 Å². The summed E-state index contributed by atoms with van der Waals surface area (Å²) in [5, 5.41) is 4.25. The van der Waals surface area contributed by atoms with Crippen LogP contribution >= 0.6 is 0 Å². The maximum Gasteiger partial charge on any atom is 0.118 e. The lowest BCUT2D eigenvalue weighted by Gasteiger charge is -2.06. The first-order valence-electron chi connectivity index (χ1n) is 5.67. The molecule has 90 valence electrons. The van der Waals surface area contributed by atoms with Crippen LogP contribution in [0, 0.1) is 0 Å². The summed E-state index contributed by atoms with van der Waals surface area (Å²) >= 11 is 0. The molecule has 2 N–H and O–H groups in total. The van der Waals surface area contributed by atoms with Gasteiger partial charge in [-0.15, -0.1) is 0 Å². The van der Waals surface area contributed by atoms with Gasteiger partial charge >= 0.3 is 0 Å². The zero-order chi connectivity index (χ0) is 12.1. The highest BCUT2D eigenvalue weighted by Gasteiger charge is 2.01. The highest BCUT2D eigenvalue weighted by Crippen LogP contribution is 2.12. The second-order valence-electron chi connectivity index (χ2n) is 3.85. The number of nitrogens with two attached hydrogens (primary N) is 1. The first-order chi connectivity index (χ1) is 8.33. The van der Waals surface area contributed by atoms with E-state index >= 15 is 0 Å². The molecule has 0 atom stereocenters. The van der Waals surface area contributed by atoms with E-state index in [0.29, 0.717) is 6.54 Å². The van der Waals surface area contributed by atoms with Crippen molar-refractivity contribution >= 4 is 0 Å². The predicted molar refractivity (Wildman–Crippen MR) is 66.8 cm³/mol. The highest BCUT2D eigenvalue weighted by molar-refractivity contribution is 5.27. The number of hydrogen-bond acceptors (Lipinski definition) is 3. The molecule has 0 saturated heterocycles. The van der Waals surface area contributed by atoms with Crippen molar-refractivity contribution in [2.24, 2.45) is 5.73 Å². The summed E-state index contributed by atoms with van der Waals surface area (Å²) in [6.45, 7) is 1.38. The zero-order valence-corrected chi connectivity index (χ0v) is 9.97. The lowest BCUT2D eigenvalue weighted by Crippen LogP contribution is -2.10. The van der Waals surface area contributed by atoms with Gasteiger partial charge in [-0.25, -0.2) is 0 Å². The van der Waals surface area contributed by atoms with Crippen LogP contribution in [-0.4, -0.2) is 16.9 Å². The van der Waals surface area contributed by atoms with Gasteiger partial charge in [-0.2, -0.15) is 5.10 Å². The molecule has 0 bridgehead atoms. The Kier molecular flexibility index (Phi) is 3.77. The lowest BCUT2D eigenvalue weighted by molar-refractivity contribution is 0.414. The third-order valence-corrected chi connectivity index (χ3v) is 2.78. The van der Waals surface area contributed by atoms with Crippen LogP contribution < -0.4 is 10.5 Å². The van der Waals surface area contributed by atoms with Crippen LogP contribution in [0.2, 0.25) is 0 Å². The van der Waals surface area contributed by atoms with Gasteiger partial charge in [0.05, 0.1) is 12.8 Å². The molecule has 1 heterocycles. The van der Waals surface area contributed by atoms with Gasteiger partial charge < -0.3 is 10.5 Å². The van der Waals surface area contributed by atoms with E-state index in [1.807, 2.05) is 22.9 Å². The number of hydrogen-bond donors (Lipinski definition) is 1. The topological polar surface area (TPSA) is 53.1 Å². The molecule has 0 fully saturated rings. The van der Waals surface area contributed by atoms with Crippen LogP contribution in [0.25, 0.3) is 0 Å². The average molecular weight is 231 g/mol. The minimum absolute atomic E-state index is 0.530. The van der Waals surface area contributed by atoms with E-state index in [4.69, 9.17) is 10.5 Å². The van der Waals surface area contributed by atoms with Gasteiger partial charge in [-0.05, 0) is 30.2 Å². The second-order valence-corrected chi connectivity index (χ2v) is 3.85. The normalized spacial score (nSPS) is 10.5. The molecule has 0 aliphatic rings.